The van der Waals surface area contributed by atoms with Gasteiger partial charge in [0.1, 0.15) is 6.04 Å². The zero-order chi connectivity index (χ0) is 16.8. The number of sulfonamides is 1. The van der Waals surface area contributed by atoms with Crippen LogP contribution >= 0.6 is 0 Å². The molecule has 0 bridgehead atoms. The Morgan fingerprint density at radius 1 is 1.26 bits per heavy atom. The third-order valence-electron chi connectivity index (χ3n) is 4.68. The largest absolute Gasteiger partial charge is 0.480 e. The fourth-order valence-electron chi connectivity index (χ4n) is 3.69. The average molecular weight is 342 g/mol. The fraction of sp³-hybridized carbons (Fsp3) is 0.571. The maximum atomic E-state index is 12.7. The van der Waals surface area contributed by atoms with E-state index in [2.05, 4.69) is 0 Å². The molecule has 1 aliphatic carbocycles. The number of amides is 1. The lowest BCUT2D eigenvalue weighted by Crippen LogP contribution is -2.46. The molecule has 126 valence electrons. The Morgan fingerprint density at radius 3 is 2.57 bits per heavy atom. The van der Waals surface area contributed by atoms with Crippen LogP contribution in [-0.2, 0) is 14.8 Å². The summed E-state index contributed by atoms with van der Waals surface area (Å²) in [5.74, 6) is -1.68. The third-order valence-corrected chi connectivity index (χ3v) is 5.46. The molecule has 0 radical (unpaired) electrons. The zero-order valence-electron chi connectivity index (χ0n) is 12.3. The van der Waals surface area contributed by atoms with Crippen LogP contribution in [0.15, 0.2) is 21.6 Å². The number of rotatable bonds is 3. The summed E-state index contributed by atoms with van der Waals surface area (Å²) in [5, 5.41) is 13.9. The highest BCUT2D eigenvalue weighted by Crippen LogP contribution is 2.40. The second kappa shape index (κ2) is 5.64. The van der Waals surface area contributed by atoms with Crippen molar-refractivity contribution >= 4 is 21.9 Å². The van der Waals surface area contributed by atoms with Gasteiger partial charge in [0.2, 0.25) is 5.09 Å². The van der Waals surface area contributed by atoms with Gasteiger partial charge in [0, 0.05) is 6.04 Å². The molecule has 23 heavy (non-hydrogen) atoms. The molecule has 8 nitrogen and oxygen atoms in total. The van der Waals surface area contributed by atoms with Gasteiger partial charge >= 0.3 is 5.97 Å². The third kappa shape index (κ3) is 2.86. The Hall–Kier alpha value is -1.87. The van der Waals surface area contributed by atoms with Crippen LogP contribution in [0.5, 0.6) is 0 Å². The van der Waals surface area contributed by atoms with Crippen molar-refractivity contribution in [1.29, 1.82) is 0 Å². The molecule has 2 aliphatic rings. The highest BCUT2D eigenvalue weighted by molar-refractivity contribution is 7.89. The number of primary sulfonamides is 1. The second-order valence-corrected chi connectivity index (χ2v) is 7.57. The summed E-state index contributed by atoms with van der Waals surface area (Å²) in [4.78, 5) is 25.6. The van der Waals surface area contributed by atoms with Crippen LogP contribution in [0.2, 0.25) is 0 Å². The first-order chi connectivity index (χ1) is 10.8. The number of furan rings is 1. The average Bonchev–Trinajstić information content (AvgIpc) is 3.11. The van der Waals surface area contributed by atoms with Gasteiger partial charge in [-0.15, -0.1) is 0 Å². The standard InChI is InChI=1S/C14H18N2O6S/c15-23(20,21)12-6-5-11(22-12)13(17)16-9-4-2-1-3-8(9)7-10(16)14(18)19/h5-6,8-10H,1-4,7H2,(H,18,19)(H2,15,20,21)/t8-,9-,10+/m1/s1. The number of nitrogens with zero attached hydrogens (tertiary/aromatic N) is 1. The Balaban J connectivity index is 1.92. The highest BCUT2D eigenvalue weighted by atomic mass is 32.2. The number of hydrogen-bond acceptors (Lipinski definition) is 5. The molecule has 2 fully saturated rings. The lowest BCUT2D eigenvalue weighted by molar-refractivity contribution is -0.141. The molecule has 3 atom stereocenters. The van der Waals surface area contributed by atoms with Gasteiger partial charge in [0.25, 0.3) is 15.9 Å². The van der Waals surface area contributed by atoms with Crippen molar-refractivity contribution in [2.45, 2.75) is 49.3 Å². The molecule has 0 spiro atoms. The summed E-state index contributed by atoms with van der Waals surface area (Å²) in [6.07, 6.45) is 4.06. The smallest absolute Gasteiger partial charge is 0.326 e. The van der Waals surface area contributed by atoms with Crippen LogP contribution in [0.3, 0.4) is 0 Å². The van der Waals surface area contributed by atoms with Crippen LogP contribution < -0.4 is 5.14 Å². The van der Waals surface area contributed by atoms with Crippen molar-refractivity contribution < 1.29 is 27.5 Å². The van der Waals surface area contributed by atoms with Gasteiger partial charge in [-0.2, -0.15) is 0 Å². The van der Waals surface area contributed by atoms with Gasteiger partial charge in [-0.25, -0.2) is 18.4 Å². The van der Waals surface area contributed by atoms with Gasteiger partial charge in [-0.3, -0.25) is 4.79 Å². The predicted molar refractivity (Wildman–Crippen MR) is 78.0 cm³/mol. The van der Waals surface area contributed by atoms with Gasteiger partial charge in [0.15, 0.2) is 5.76 Å². The number of carbonyl (C=O) groups is 2. The Kier molecular flexibility index (Phi) is 3.93. The van der Waals surface area contributed by atoms with E-state index in [0.29, 0.717) is 6.42 Å². The van der Waals surface area contributed by atoms with E-state index in [-0.39, 0.29) is 17.7 Å². The molecule has 1 saturated heterocycles. The van der Waals surface area contributed by atoms with E-state index in [9.17, 15) is 23.1 Å². The summed E-state index contributed by atoms with van der Waals surface area (Å²) in [7, 11) is -4.05. The summed E-state index contributed by atoms with van der Waals surface area (Å²) >= 11 is 0. The predicted octanol–water partition coefficient (Wildman–Crippen LogP) is 0.785. The monoisotopic (exact) mass is 342 g/mol. The number of nitrogens with two attached hydrogens (primary N) is 1. The van der Waals surface area contributed by atoms with Crippen LogP contribution in [0, 0.1) is 5.92 Å². The maximum Gasteiger partial charge on any atom is 0.326 e. The summed E-state index contributed by atoms with van der Waals surface area (Å²) in [6.45, 7) is 0. The Labute approximate surface area is 133 Å². The summed E-state index contributed by atoms with van der Waals surface area (Å²) in [5.41, 5.74) is 0. The molecule has 1 saturated carbocycles. The van der Waals surface area contributed by atoms with E-state index < -0.39 is 33.0 Å². The van der Waals surface area contributed by atoms with E-state index in [1.54, 1.807) is 0 Å². The molecular weight excluding hydrogens is 324 g/mol. The molecule has 1 amide bonds. The van der Waals surface area contributed by atoms with Crippen molar-refractivity contribution in [2.24, 2.45) is 11.1 Å². The van der Waals surface area contributed by atoms with Crippen molar-refractivity contribution in [3.63, 3.8) is 0 Å². The lowest BCUT2D eigenvalue weighted by atomic mass is 9.84. The molecule has 1 aromatic heterocycles. The number of carboxylic acids is 1. The van der Waals surface area contributed by atoms with Crippen LogP contribution in [0.1, 0.15) is 42.7 Å². The number of carboxylic acid groups (broad SMARTS) is 1. The van der Waals surface area contributed by atoms with Gasteiger partial charge in [-0.05, 0) is 37.3 Å². The molecule has 3 rings (SSSR count). The number of likely N-dealkylation sites (tertiary alicyclic amines) is 1. The molecule has 2 heterocycles. The molecule has 1 aromatic rings. The van der Waals surface area contributed by atoms with Gasteiger partial charge in [0.05, 0.1) is 0 Å². The summed E-state index contributed by atoms with van der Waals surface area (Å²) in [6, 6.07) is 1.28. The first-order valence-corrected chi connectivity index (χ1v) is 9.02. The zero-order valence-corrected chi connectivity index (χ0v) is 13.2. The van der Waals surface area contributed by atoms with Crippen molar-refractivity contribution in [3.8, 4) is 0 Å². The van der Waals surface area contributed by atoms with Crippen molar-refractivity contribution in [1.82, 2.24) is 4.90 Å². The van der Waals surface area contributed by atoms with E-state index >= 15 is 0 Å². The number of aliphatic carboxylic acids is 1. The van der Waals surface area contributed by atoms with E-state index in [1.807, 2.05) is 0 Å². The van der Waals surface area contributed by atoms with Crippen molar-refractivity contribution in [3.05, 3.63) is 17.9 Å². The van der Waals surface area contributed by atoms with E-state index in [0.717, 1.165) is 31.7 Å². The summed E-state index contributed by atoms with van der Waals surface area (Å²) < 4.78 is 27.5. The first-order valence-electron chi connectivity index (χ1n) is 7.47. The quantitative estimate of drug-likeness (QED) is 0.834. The fourth-order valence-corrected chi connectivity index (χ4v) is 4.15. The van der Waals surface area contributed by atoms with Crippen molar-refractivity contribution in [2.75, 3.05) is 0 Å². The van der Waals surface area contributed by atoms with E-state index in [1.165, 1.54) is 11.0 Å². The number of fused-ring (bicyclic) bond motifs is 1. The molecule has 3 N–H and O–H groups in total. The minimum atomic E-state index is -4.05. The normalized spacial score (nSPS) is 27.7. The first kappa shape index (κ1) is 16.0. The second-order valence-electron chi connectivity index (χ2n) is 6.08. The minimum Gasteiger partial charge on any atom is -0.480 e. The molecule has 9 heteroatoms. The number of carbonyl (C=O) groups excluding carboxylic acids is 1. The minimum absolute atomic E-state index is 0.139. The highest BCUT2D eigenvalue weighted by Gasteiger charge is 2.48. The van der Waals surface area contributed by atoms with Crippen LogP contribution in [0.4, 0.5) is 0 Å². The maximum absolute atomic E-state index is 12.7. The topological polar surface area (TPSA) is 131 Å². The SMILES string of the molecule is NS(=O)(=O)c1ccc(C(=O)N2[C@@H]3CCCC[C@@H]3C[C@H]2C(=O)O)o1. The molecule has 0 unspecified atom stereocenters. The van der Waals surface area contributed by atoms with Gasteiger partial charge < -0.3 is 14.4 Å². The molecule has 1 aliphatic heterocycles. The number of hydrogen-bond donors (Lipinski definition) is 2. The molecular formula is C14H18N2O6S. The lowest BCUT2D eigenvalue weighted by Gasteiger charge is -2.32. The molecule has 0 aromatic carbocycles. The Bertz CT molecular complexity index is 740. The van der Waals surface area contributed by atoms with Gasteiger partial charge in [-0.1, -0.05) is 12.8 Å². The van der Waals surface area contributed by atoms with Crippen LogP contribution in [0.25, 0.3) is 0 Å². The van der Waals surface area contributed by atoms with Crippen LogP contribution in [-0.4, -0.2) is 42.4 Å². The van der Waals surface area contributed by atoms with E-state index in [4.69, 9.17) is 9.56 Å². The Morgan fingerprint density at radius 2 is 1.96 bits per heavy atom.